The minimum atomic E-state index is -3.69. The Morgan fingerprint density at radius 3 is 2.15 bits per heavy atom. The van der Waals surface area contributed by atoms with E-state index in [4.69, 9.17) is 27.9 Å². The van der Waals surface area contributed by atoms with E-state index in [1.165, 1.54) is 22.5 Å². The van der Waals surface area contributed by atoms with Crippen LogP contribution in [0.1, 0.15) is 10.4 Å². The summed E-state index contributed by atoms with van der Waals surface area (Å²) in [5.41, 5.74) is 0.539. The number of carbonyl (C=O) groups excluding carboxylic acids is 1. The first-order chi connectivity index (χ1) is 12.8. The van der Waals surface area contributed by atoms with E-state index in [2.05, 4.69) is 0 Å². The van der Waals surface area contributed by atoms with E-state index in [-0.39, 0.29) is 28.9 Å². The van der Waals surface area contributed by atoms with Gasteiger partial charge in [-0.05, 0) is 42.5 Å². The van der Waals surface area contributed by atoms with Crippen molar-refractivity contribution in [2.75, 3.05) is 33.3 Å². The van der Waals surface area contributed by atoms with Gasteiger partial charge in [0.2, 0.25) is 10.0 Å². The van der Waals surface area contributed by atoms with E-state index < -0.39 is 10.0 Å². The van der Waals surface area contributed by atoms with Crippen LogP contribution < -0.4 is 4.74 Å². The first-order valence-corrected chi connectivity index (χ1v) is 10.4. The van der Waals surface area contributed by atoms with Crippen molar-refractivity contribution in [3.05, 3.63) is 58.1 Å². The van der Waals surface area contributed by atoms with Gasteiger partial charge in [-0.15, -0.1) is 0 Å². The van der Waals surface area contributed by atoms with Crippen molar-refractivity contribution in [1.29, 1.82) is 0 Å². The predicted octanol–water partition coefficient (Wildman–Crippen LogP) is 3.15. The molecule has 144 valence electrons. The van der Waals surface area contributed by atoms with Gasteiger partial charge in [0, 0.05) is 31.7 Å². The third kappa shape index (κ3) is 4.21. The van der Waals surface area contributed by atoms with Gasteiger partial charge >= 0.3 is 0 Å². The predicted molar refractivity (Wildman–Crippen MR) is 104 cm³/mol. The van der Waals surface area contributed by atoms with Crippen LogP contribution in [0.2, 0.25) is 10.0 Å². The zero-order valence-corrected chi connectivity index (χ0v) is 16.9. The highest BCUT2D eigenvalue weighted by molar-refractivity contribution is 7.89. The van der Waals surface area contributed by atoms with Gasteiger partial charge in [0.05, 0.1) is 22.1 Å². The summed E-state index contributed by atoms with van der Waals surface area (Å²) in [5, 5.41) is 0.483. The molecule has 3 rings (SSSR count). The van der Waals surface area contributed by atoms with Crippen molar-refractivity contribution in [3.8, 4) is 5.75 Å². The highest BCUT2D eigenvalue weighted by Gasteiger charge is 2.30. The maximum absolute atomic E-state index is 12.8. The zero-order chi connectivity index (χ0) is 19.6. The van der Waals surface area contributed by atoms with Gasteiger partial charge in [-0.25, -0.2) is 8.42 Å². The maximum Gasteiger partial charge on any atom is 0.253 e. The molecule has 0 saturated carbocycles. The Labute approximate surface area is 168 Å². The molecule has 0 aromatic heterocycles. The summed E-state index contributed by atoms with van der Waals surface area (Å²) in [7, 11) is -2.13. The van der Waals surface area contributed by atoms with Crippen LogP contribution in [0.15, 0.2) is 47.4 Å². The van der Waals surface area contributed by atoms with Gasteiger partial charge in [0.15, 0.2) is 0 Å². The third-order valence-electron chi connectivity index (χ3n) is 4.39. The SMILES string of the molecule is COc1ccc(C(=O)N2CCN(S(=O)(=O)c3ccc(Cl)c(Cl)c3)CC2)cc1. The molecule has 2 aromatic carbocycles. The van der Waals surface area contributed by atoms with E-state index >= 15 is 0 Å². The lowest BCUT2D eigenvalue weighted by atomic mass is 10.2. The molecule has 6 nitrogen and oxygen atoms in total. The quantitative estimate of drug-likeness (QED) is 0.749. The summed E-state index contributed by atoms with van der Waals surface area (Å²) in [6, 6.07) is 11.1. The number of nitrogens with zero attached hydrogens (tertiary/aromatic N) is 2. The van der Waals surface area contributed by atoms with Gasteiger partial charge in [-0.2, -0.15) is 4.31 Å². The molecule has 0 atom stereocenters. The first kappa shape index (κ1) is 19.9. The van der Waals surface area contributed by atoms with Crippen molar-refractivity contribution in [2.45, 2.75) is 4.90 Å². The molecule has 0 spiro atoms. The number of piperazine rings is 1. The molecule has 9 heteroatoms. The standard InChI is InChI=1S/C18H18Cl2N2O4S/c1-26-14-4-2-13(3-5-14)18(23)21-8-10-22(11-9-21)27(24,25)15-6-7-16(19)17(20)12-15/h2-7,12H,8-11H2,1H3. The molecular weight excluding hydrogens is 411 g/mol. The van der Waals surface area contributed by atoms with Gasteiger partial charge in [0.1, 0.15) is 5.75 Å². The topological polar surface area (TPSA) is 66.9 Å². The lowest BCUT2D eigenvalue weighted by Gasteiger charge is -2.34. The monoisotopic (exact) mass is 428 g/mol. The molecule has 0 radical (unpaired) electrons. The molecule has 27 heavy (non-hydrogen) atoms. The van der Waals surface area contributed by atoms with E-state index in [9.17, 15) is 13.2 Å². The molecule has 1 fully saturated rings. The lowest BCUT2D eigenvalue weighted by Crippen LogP contribution is -2.50. The minimum Gasteiger partial charge on any atom is -0.497 e. The molecule has 0 N–H and O–H groups in total. The molecule has 0 unspecified atom stereocenters. The Kier molecular flexibility index (Phi) is 5.95. The van der Waals surface area contributed by atoms with Crippen LogP contribution in [-0.4, -0.2) is 56.8 Å². The van der Waals surface area contributed by atoms with Crippen LogP contribution >= 0.6 is 23.2 Å². The number of methoxy groups -OCH3 is 1. The second-order valence-electron chi connectivity index (χ2n) is 6.00. The molecule has 1 saturated heterocycles. The number of carbonyl (C=O) groups is 1. The summed E-state index contributed by atoms with van der Waals surface area (Å²) < 4.78 is 32.0. The Hall–Kier alpha value is -1.80. The Morgan fingerprint density at radius 2 is 1.59 bits per heavy atom. The fourth-order valence-corrected chi connectivity index (χ4v) is 4.65. The number of amides is 1. The zero-order valence-electron chi connectivity index (χ0n) is 14.6. The van der Waals surface area contributed by atoms with Crippen LogP contribution in [0, 0.1) is 0 Å². The van der Waals surface area contributed by atoms with E-state index in [1.54, 1.807) is 36.3 Å². The van der Waals surface area contributed by atoms with Crippen molar-refractivity contribution < 1.29 is 17.9 Å². The summed E-state index contributed by atoms with van der Waals surface area (Å²) in [5.74, 6) is 0.535. The summed E-state index contributed by atoms with van der Waals surface area (Å²) >= 11 is 11.8. The van der Waals surface area contributed by atoms with Gasteiger partial charge in [-0.3, -0.25) is 4.79 Å². The maximum atomic E-state index is 12.8. The van der Waals surface area contributed by atoms with E-state index in [1.807, 2.05) is 0 Å². The number of hydrogen-bond acceptors (Lipinski definition) is 4. The average molecular weight is 429 g/mol. The molecule has 1 aliphatic rings. The van der Waals surface area contributed by atoms with Crippen LogP contribution in [0.3, 0.4) is 0 Å². The molecule has 1 aliphatic heterocycles. The second kappa shape index (κ2) is 8.06. The smallest absolute Gasteiger partial charge is 0.253 e. The number of benzene rings is 2. The number of sulfonamides is 1. The summed E-state index contributed by atoms with van der Waals surface area (Å²) in [4.78, 5) is 14.3. The molecule has 1 amide bonds. The summed E-state index contributed by atoms with van der Waals surface area (Å²) in [6.45, 7) is 1.05. The van der Waals surface area contributed by atoms with E-state index in [0.29, 0.717) is 29.4 Å². The highest BCUT2D eigenvalue weighted by Crippen LogP contribution is 2.27. The van der Waals surface area contributed by atoms with E-state index in [0.717, 1.165) is 0 Å². The molecule has 0 aliphatic carbocycles. The van der Waals surface area contributed by atoms with Crippen molar-refractivity contribution >= 4 is 39.1 Å². The number of halogens is 2. The Morgan fingerprint density at radius 1 is 0.963 bits per heavy atom. The summed E-state index contributed by atoms with van der Waals surface area (Å²) in [6.07, 6.45) is 0. The largest absolute Gasteiger partial charge is 0.497 e. The Bertz CT molecular complexity index is 940. The number of hydrogen-bond donors (Lipinski definition) is 0. The van der Waals surface area contributed by atoms with Crippen molar-refractivity contribution in [1.82, 2.24) is 9.21 Å². The molecule has 0 bridgehead atoms. The second-order valence-corrected chi connectivity index (χ2v) is 8.75. The van der Waals surface area contributed by atoms with Gasteiger partial charge in [0.25, 0.3) is 5.91 Å². The average Bonchev–Trinajstić information content (AvgIpc) is 2.69. The van der Waals surface area contributed by atoms with Crippen LogP contribution in [0.25, 0.3) is 0 Å². The van der Waals surface area contributed by atoms with Crippen LogP contribution in [0.5, 0.6) is 5.75 Å². The number of rotatable bonds is 4. The third-order valence-corrected chi connectivity index (χ3v) is 7.03. The van der Waals surface area contributed by atoms with Gasteiger partial charge < -0.3 is 9.64 Å². The normalized spacial score (nSPS) is 15.6. The fourth-order valence-electron chi connectivity index (χ4n) is 2.83. The number of ether oxygens (including phenoxy) is 1. The van der Waals surface area contributed by atoms with Crippen molar-refractivity contribution in [3.63, 3.8) is 0 Å². The molecule has 1 heterocycles. The van der Waals surface area contributed by atoms with Crippen molar-refractivity contribution in [2.24, 2.45) is 0 Å². The van der Waals surface area contributed by atoms with Gasteiger partial charge in [-0.1, -0.05) is 23.2 Å². The lowest BCUT2D eigenvalue weighted by molar-refractivity contribution is 0.0698. The van der Waals surface area contributed by atoms with Crippen LogP contribution in [0.4, 0.5) is 0 Å². The molecular formula is C18H18Cl2N2O4S. The highest BCUT2D eigenvalue weighted by atomic mass is 35.5. The minimum absolute atomic E-state index is 0.0897. The Balaban J connectivity index is 1.68. The fraction of sp³-hybridized carbons (Fsp3) is 0.278. The first-order valence-electron chi connectivity index (χ1n) is 8.21. The van der Waals surface area contributed by atoms with Crippen LogP contribution in [-0.2, 0) is 10.0 Å². The molecule has 2 aromatic rings.